The second kappa shape index (κ2) is 5.31. The zero-order valence-electron chi connectivity index (χ0n) is 12.9. The van der Waals surface area contributed by atoms with Crippen molar-refractivity contribution in [1.82, 2.24) is 14.6 Å². The summed E-state index contributed by atoms with van der Waals surface area (Å²) in [5.41, 5.74) is 1.65. The maximum absolute atomic E-state index is 12.5. The molecule has 2 fully saturated rings. The topological polar surface area (TPSA) is 79.4 Å². The normalized spacial score (nSPS) is 23.5. The lowest BCUT2D eigenvalue weighted by Crippen LogP contribution is -2.41. The summed E-state index contributed by atoms with van der Waals surface area (Å²) in [6.07, 6.45) is 7.09. The zero-order valence-corrected chi connectivity index (χ0v) is 13.7. The Bertz CT molecular complexity index is 694. The number of hydrogen-bond donors (Lipinski definition) is 1. The summed E-state index contributed by atoms with van der Waals surface area (Å²) in [4.78, 5) is 18.4. The molecule has 1 saturated heterocycles. The Morgan fingerprint density at radius 2 is 2.09 bits per heavy atom. The third-order valence-electron chi connectivity index (χ3n) is 4.86. The SMILES string of the molecule is Cc1ccncc1C(=O)N1CCC2(CC1)CC2NS(C)(=O)=O. The molecule has 2 aliphatic rings. The van der Waals surface area contributed by atoms with E-state index in [0.29, 0.717) is 18.7 Å². The summed E-state index contributed by atoms with van der Waals surface area (Å²) in [6.45, 7) is 3.26. The van der Waals surface area contributed by atoms with Crippen LogP contribution in [0.4, 0.5) is 0 Å². The first-order valence-electron chi connectivity index (χ1n) is 7.48. The number of hydrogen-bond acceptors (Lipinski definition) is 4. The van der Waals surface area contributed by atoms with E-state index in [4.69, 9.17) is 0 Å². The third-order valence-corrected chi connectivity index (χ3v) is 5.57. The van der Waals surface area contributed by atoms with Crippen LogP contribution in [0.1, 0.15) is 35.2 Å². The molecule has 1 N–H and O–H groups in total. The number of aryl methyl sites for hydroxylation is 1. The number of carbonyl (C=O) groups excluding carboxylic acids is 1. The number of sulfonamides is 1. The Labute approximate surface area is 131 Å². The molecule has 1 aliphatic heterocycles. The summed E-state index contributed by atoms with van der Waals surface area (Å²) in [5.74, 6) is 0.0220. The molecule has 1 aliphatic carbocycles. The molecular weight excluding hydrogens is 302 g/mol. The van der Waals surface area contributed by atoms with Crippen LogP contribution in [-0.4, -0.2) is 49.6 Å². The summed E-state index contributed by atoms with van der Waals surface area (Å²) in [6, 6.07) is 1.88. The van der Waals surface area contributed by atoms with E-state index in [0.717, 1.165) is 24.8 Å². The first kappa shape index (κ1) is 15.4. The van der Waals surface area contributed by atoms with Crippen LogP contribution < -0.4 is 4.72 Å². The van der Waals surface area contributed by atoms with Gasteiger partial charge >= 0.3 is 0 Å². The van der Waals surface area contributed by atoms with Crippen molar-refractivity contribution in [3.05, 3.63) is 29.6 Å². The van der Waals surface area contributed by atoms with Crippen LogP contribution in [0, 0.1) is 12.3 Å². The highest BCUT2D eigenvalue weighted by atomic mass is 32.2. The number of piperidine rings is 1. The lowest BCUT2D eigenvalue weighted by Gasteiger charge is -2.33. The Kier molecular flexibility index (Phi) is 3.72. The minimum Gasteiger partial charge on any atom is -0.339 e. The molecule has 0 aromatic carbocycles. The molecule has 0 bridgehead atoms. The van der Waals surface area contributed by atoms with Gasteiger partial charge in [0.25, 0.3) is 5.91 Å². The molecule has 3 rings (SSSR count). The Balaban J connectivity index is 1.61. The molecule has 1 saturated carbocycles. The lowest BCUT2D eigenvalue weighted by atomic mass is 9.92. The standard InChI is InChI=1S/C15H21N3O3S/c1-11-3-6-16-10-12(11)14(19)18-7-4-15(5-8-18)9-13(15)17-22(2,20)21/h3,6,10,13,17H,4-5,7-9H2,1-2H3. The van der Waals surface area contributed by atoms with Crippen molar-refractivity contribution >= 4 is 15.9 Å². The number of aromatic nitrogens is 1. The van der Waals surface area contributed by atoms with E-state index < -0.39 is 10.0 Å². The number of amides is 1. The monoisotopic (exact) mass is 323 g/mol. The predicted octanol–water partition coefficient (Wildman–Crippen LogP) is 0.934. The highest BCUT2D eigenvalue weighted by molar-refractivity contribution is 7.88. The summed E-state index contributed by atoms with van der Waals surface area (Å²) in [7, 11) is -3.15. The molecule has 6 nitrogen and oxygen atoms in total. The maximum Gasteiger partial charge on any atom is 0.255 e. The van der Waals surface area contributed by atoms with Gasteiger partial charge in [0.2, 0.25) is 10.0 Å². The van der Waals surface area contributed by atoms with E-state index in [1.807, 2.05) is 17.9 Å². The predicted molar refractivity (Wildman–Crippen MR) is 82.9 cm³/mol. The number of carbonyl (C=O) groups is 1. The summed E-state index contributed by atoms with van der Waals surface area (Å²) >= 11 is 0. The molecule has 22 heavy (non-hydrogen) atoms. The molecule has 1 amide bonds. The first-order valence-corrected chi connectivity index (χ1v) is 9.37. The van der Waals surface area contributed by atoms with Crippen molar-refractivity contribution in [2.24, 2.45) is 5.41 Å². The Morgan fingerprint density at radius 3 is 2.68 bits per heavy atom. The van der Waals surface area contributed by atoms with Crippen LogP contribution in [0.5, 0.6) is 0 Å². The largest absolute Gasteiger partial charge is 0.339 e. The van der Waals surface area contributed by atoms with Crippen LogP contribution >= 0.6 is 0 Å². The van der Waals surface area contributed by atoms with E-state index in [1.54, 1.807) is 12.4 Å². The molecule has 1 atom stereocenters. The van der Waals surface area contributed by atoms with E-state index in [1.165, 1.54) is 6.26 Å². The zero-order chi connectivity index (χ0) is 16.0. The number of nitrogens with zero attached hydrogens (tertiary/aromatic N) is 2. The van der Waals surface area contributed by atoms with Crippen LogP contribution in [0.3, 0.4) is 0 Å². The third kappa shape index (κ3) is 3.01. The molecule has 7 heteroatoms. The van der Waals surface area contributed by atoms with Gasteiger partial charge in [-0.25, -0.2) is 13.1 Å². The average Bonchev–Trinajstić information content (AvgIpc) is 3.09. The van der Waals surface area contributed by atoms with Crippen molar-refractivity contribution in [2.45, 2.75) is 32.2 Å². The van der Waals surface area contributed by atoms with Gasteiger partial charge in [-0.05, 0) is 43.2 Å². The number of nitrogens with one attached hydrogen (secondary N) is 1. The van der Waals surface area contributed by atoms with Gasteiger partial charge in [0.15, 0.2) is 0 Å². The van der Waals surface area contributed by atoms with Gasteiger partial charge < -0.3 is 4.90 Å². The van der Waals surface area contributed by atoms with Gasteiger partial charge in [-0.3, -0.25) is 9.78 Å². The van der Waals surface area contributed by atoms with Crippen LogP contribution in [-0.2, 0) is 10.0 Å². The molecular formula is C15H21N3O3S. The van der Waals surface area contributed by atoms with Crippen molar-refractivity contribution < 1.29 is 13.2 Å². The van der Waals surface area contributed by atoms with Crippen LogP contribution in [0.15, 0.2) is 18.5 Å². The molecule has 1 aromatic heterocycles. The van der Waals surface area contributed by atoms with Gasteiger partial charge in [-0.1, -0.05) is 0 Å². The minimum absolute atomic E-state index is 0.0220. The molecule has 1 aromatic rings. The molecule has 2 heterocycles. The van der Waals surface area contributed by atoms with Gasteiger partial charge in [-0.15, -0.1) is 0 Å². The van der Waals surface area contributed by atoms with E-state index in [9.17, 15) is 13.2 Å². The maximum atomic E-state index is 12.5. The van der Waals surface area contributed by atoms with E-state index >= 15 is 0 Å². The highest BCUT2D eigenvalue weighted by Gasteiger charge is 2.56. The molecule has 0 radical (unpaired) electrons. The molecule has 120 valence electrons. The second-order valence-corrected chi connectivity index (χ2v) is 8.27. The average molecular weight is 323 g/mol. The summed E-state index contributed by atoms with van der Waals surface area (Å²) in [5, 5.41) is 0. The minimum atomic E-state index is -3.15. The Hall–Kier alpha value is -1.47. The van der Waals surface area contributed by atoms with E-state index in [-0.39, 0.29) is 17.4 Å². The van der Waals surface area contributed by atoms with Crippen molar-refractivity contribution in [3.8, 4) is 0 Å². The quantitative estimate of drug-likeness (QED) is 0.897. The van der Waals surface area contributed by atoms with Crippen LogP contribution in [0.2, 0.25) is 0 Å². The smallest absolute Gasteiger partial charge is 0.255 e. The summed E-state index contributed by atoms with van der Waals surface area (Å²) < 4.78 is 25.3. The fourth-order valence-electron chi connectivity index (χ4n) is 3.34. The van der Waals surface area contributed by atoms with Crippen LogP contribution in [0.25, 0.3) is 0 Å². The second-order valence-electron chi connectivity index (χ2n) is 6.49. The number of rotatable bonds is 3. The van der Waals surface area contributed by atoms with Crippen molar-refractivity contribution in [3.63, 3.8) is 0 Å². The number of pyridine rings is 1. The lowest BCUT2D eigenvalue weighted by molar-refractivity contribution is 0.0673. The highest BCUT2D eigenvalue weighted by Crippen LogP contribution is 2.54. The fourth-order valence-corrected chi connectivity index (χ4v) is 4.19. The van der Waals surface area contributed by atoms with Crippen molar-refractivity contribution in [1.29, 1.82) is 0 Å². The Morgan fingerprint density at radius 1 is 1.41 bits per heavy atom. The van der Waals surface area contributed by atoms with Gasteiger partial charge in [0.1, 0.15) is 0 Å². The van der Waals surface area contributed by atoms with Gasteiger partial charge in [-0.2, -0.15) is 0 Å². The number of likely N-dealkylation sites (tertiary alicyclic amines) is 1. The van der Waals surface area contributed by atoms with Crippen molar-refractivity contribution in [2.75, 3.05) is 19.3 Å². The fraction of sp³-hybridized carbons (Fsp3) is 0.600. The molecule has 1 unspecified atom stereocenters. The molecule has 1 spiro atoms. The van der Waals surface area contributed by atoms with Gasteiger partial charge in [0, 0.05) is 31.5 Å². The first-order chi connectivity index (χ1) is 10.3. The van der Waals surface area contributed by atoms with Gasteiger partial charge in [0.05, 0.1) is 11.8 Å². The van der Waals surface area contributed by atoms with E-state index in [2.05, 4.69) is 9.71 Å².